The Bertz CT molecular complexity index is 779. The Kier molecular flexibility index (Phi) is 2.97. The smallest absolute Gasteiger partial charge is 0.0730 e. The molecule has 104 valence electrons. The van der Waals surface area contributed by atoms with Crippen molar-refractivity contribution in [3.63, 3.8) is 0 Å². The molecule has 0 saturated heterocycles. The zero-order chi connectivity index (χ0) is 14.4. The van der Waals surface area contributed by atoms with Crippen molar-refractivity contribution in [3.8, 4) is 0 Å². The van der Waals surface area contributed by atoms with Crippen molar-refractivity contribution in [2.24, 2.45) is 0 Å². The average Bonchev–Trinajstić information content (AvgIpc) is 2.74. The number of hydrogen-bond acceptors (Lipinski definition) is 1. The van der Waals surface area contributed by atoms with Crippen molar-refractivity contribution in [1.82, 2.24) is 4.57 Å². The molecule has 0 bridgehead atoms. The minimum atomic E-state index is 0.391. The molecule has 20 heavy (non-hydrogen) atoms. The van der Waals surface area contributed by atoms with Crippen molar-refractivity contribution in [2.45, 2.75) is 39.7 Å². The van der Waals surface area contributed by atoms with Gasteiger partial charge in [-0.25, -0.2) is 0 Å². The van der Waals surface area contributed by atoms with Gasteiger partial charge in [-0.15, -0.1) is 0 Å². The highest BCUT2D eigenvalue weighted by Gasteiger charge is 2.17. The van der Waals surface area contributed by atoms with Crippen LogP contribution in [0, 0.1) is 0 Å². The van der Waals surface area contributed by atoms with Crippen molar-refractivity contribution >= 4 is 27.5 Å². The Morgan fingerprint density at radius 3 is 2.25 bits per heavy atom. The summed E-state index contributed by atoms with van der Waals surface area (Å²) in [6, 6.07) is 13.4. The minimum absolute atomic E-state index is 0.391. The van der Waals surface area contributed by atoms with E-state index in [1.165, 1.54) is 27.4 Å². The van der Waals surface area contributed by atoms with Gasteiger partial charge in [-0.05, 0) is 31.4 Å². The molecule has 2 aromatic carbocycles. The Balaban J connectivity index is 2.54. The zero-order valence-electron chi connectivity index (χ0n) is 12.6. The van der Waals surface area contributed by atoms with Crippen LogP contribution in [-0.2, 0) is 0 Å². The van der Waals surface area contributed by atoms with Gasteiger partial charge in [0.2, 0.25) is 0 Å². The number of fused-ring (bicyclic) bond motifs is 3. The van der Waals surface area contributed by atoms with Gasteiger partial charge in [-0.2, -0.15) is 0 Å². The van der Waals surface area contributed by atoms with E-state index in [0.29, 0.717) is 12.0 Å². The van der Waals surface area contributed by atoms with Gasteiger partial charge in [0, 0.05) is 22.3 Å². The number of aromatic nitrogens is 1. The summed E-state index contributed by atoms with van der Waals surface area (Å²) in [6.45, 7) is 8.82. The van der Waals surface area contributed by atoms with E-state index < -0.39 is 0 Å². The molecule has 0 aliphatic carbocycles. The summed E-state index contributed by atoms with van der Waals surface area (Å²) in [4.78, 5) is 0. The monoisotopic (exact) mass is 266 g/mol. The van der Waals surface area contributed by atoms with Crippen molar-refractivity contribution in [3.05, 3.63) is 42.0 Å². The van der Waals surface area contributed by atoms with Crippen LogP contribution in [0.15, 0.2) is 36.4 Å². The average molecular weight is 266 g/mol. The third kappa shape index (κ3) is 1.71. The van der Waals surface area contributed by atoms with Gasteiger partial charge in [0.05, 0.1) is 11.2 Å². The second kappa shape index (κ2) is 4.55. The van der Waals surface area contributed by atoms with Crippen LogP contribution in [0.3, 0.4) is 0 Å². The van der Waals surface area contributed by atoms with Gasteiger partial charge < -0.3 is 10.3 Å². The van der Waals surface area contributed by atoms with E-state index in [0.717, 1.165) is 5.69 Å². The first-order valence-electron chi connectivity index (χ1n) is 7.33. The first kappa shape index (κ1) is 13.0. The predicted octanol–water partition coefficient (Wildman–Crippen LogP) is 5.08. The predicted molar refractivity (Wildman–Crippen MR) is 88.3 cm³/mol. The number of anilines is 1. The lowest BCUT2D eigenvalue weighted by molar-refractivity contribution is 0.642. The quantitative estimate of drug-likeness (QED) is 0.644. The second-order valence-electron chi connectivity index (χ2n) is 6.10. The molecule has 0 radical (unpaired) electrons. The maximum atomic E-state index is 6.50. The maximum Gasteiger partial charge on any atom is 0.0730 e. The largest absolute Gasteiger partial charge is 0.397 e. The third-order valence-electron chi connectivity index (χ3n) is 4.08. The molecular weight excluding hydrogens is 244 g/mol. The lowest BCUT2D eigenvalue weighted by Gasteiger charge is -2.16. The van der Waals surface area contributed by atoms with E-state index in [4.69, 9.17) is 5.73 Å². The summed E-state index contributed by atoms with van der Waals surface area (Å²) in [6.07, 6.45) is 0. The van der Waals surface area contributed by atoms with Gasteiger partial charge in [-0.3, -0.25) is 0 Å². The number of nitrogens with zero attached hydrogens (tertiary/aromatic N) is 1. The molecule has 0 aliphatic rings. The number of benzene rings is 2. The fourth-order valence-electron chi connectivity index (χ4n) is 3.17. The van der Waals surface area contributed by atoms with Crippen LogP contribution in [0.1, 0.15) is 45.2 Å². The number of para-hydroxylation sites is 1. The van der Waals surface area contributed by atoms with Crippen LogP contribution in [-0.4, -0.2) is 4.57 Å². The van der Waals surface area contributed by atoms with E-state index in [9.17, 15) is 0 Å². The van der Waals surface area contributed by atoms with Crippen LogP contribution >= 0.6 is 0 Å². The number of rotatable bonds is 2. The number of nitrogens with two attached hydrogens (primary N) is 1. The summed E-state index contributed by atoms with van der Waals surface area (Å²) < 4.78 is 2.37. The fraction of sp³-hybridized carbons (Fsp3) is 0.333. The van der Waals surface area contributed by atoms with Crippen molar-refractivity contribution < 1.29 is 0 Å². The molecule has 2 nitrogen and oxygen atoms in total. The molecular formula is C18H22N2. The molecule has 3 rings (SSSR count). The highest BCUT2D eigenvalue weighted by molar-refractivity contribution is 6.12. The van der Waals surface area contributed by atoms with E-state index in [2.05, 4.69) is 68.7 Å². The first-order valence-corrected chi connectivity index (χ1v) is 7.33. The lowest BCUT2D eigenvalue weighted by Crippen LogP contribution is -2.04. The SMILES string of the molecule is CC(C)c1ccc2c3ccccc3n(C(C)C)c2c1N. The third-order valence-corrected chi connectivity index (χ3v) is 4.08. The molecule has 3 aromatic rings. The fourth-order valence-corrected chi connectivity index (χ4v) is 3.17. The molecule has 0 amide bonds. The highest BCUT2D eigenvalue weighted by Crippen LogP contribution is 2.38. The van der Waals surface area contributed by atoms with Crippen LogP contribution in [0.5, 0.6) is 0 Å². The van der Waals surface area contributed by atoms with E-state index in [-0.39, 0.29) is 0 Å². The Morgan fingerprint density at radius 1 is 0.900 bits per heavy atom. The van der Waals surface area contributed by atoms with E-state index >= 15 is 0 Å². The Labute approximate surface area is 120 Å². The summed E-state index contributed by atoms with van der Waals surface area (Å²) in [5.41, 5.74) is 11.1. The van der Waals surface area contributed by atoms with Gasteiger partial charge in [0.1, 0.15) is 0 Å². The first-order chi connectivity index (χ1) is 9.52. The molecule has 0 fully saturated rings. The summed E-state index contributed by atoms with van der Waals surface area (Å²) in [5, 5.41) is 2.55. The molecule has 0 atom stereocenters. The molecule has 1 aromatic heterocycles. The summed E-state index contributed by atoms with van der Waals surface area (Å²) in [7, 11) is 0. The van der Waals surface area contributed by atoms with Gasteiger partial charge in [0.15, 0.2) is 0 Å². The van der Waals surface area contributed by atoms with Gasteiger partial charge in [0.25, 0.3) is 0 Å². The zero-order valence-corrected chi connectivity index (χ0v) is 12.6. The number of nitrogen functional groups attached to an aromatic ring is 1. The summed E-state index contributed by atoms with van der Waals surface area (Å²) in [5.74, 6) is 0.443. The van der Waals surface area contributed by atoms with Gasteiger partial charge in [-0.1, -0.05) is 44.2 Å². The molecule has 1 heterocycles. The van der Waals surface area contributed by atoms with E-state index in [1.807, 2.05) is 0 Å². The van der Waals surface area contributed by atoms with Crippen LogP contribution < -0.4 is 5.73 Å². The number of hydrogen-bond donors (Lipinski definition) is 1. The molecule has 0 saturated carbocycles. The second-order valence-corrected chi connectivity index (χ2v) is 6.10. The highest BCUT2D eigenvalue weighted by atomic mass is 15.0. The molecule has 2 N–H and O–H groups in total. The van der Waals surface area contributed by atoms with Gasteiger partial charge >= 0.3 is 0 Å². The molecule has 2 heteroatoms. The van der Waals surface area contributed by atoms with Crippen LogP contribution in [0.25, 0.3) is 21.8 Å². The Hall–Kier alpha value is -1.96. The molecule has 0 unspecified atom stereocenters. The van der Waals surface area contributed by atoms with Crippen LogP contribution in [0.2, 0.25) is 0 Å². The maximum absolute atomic E-state index is 6.50. The summed E-state index contributed by atoms with van der Waals surface area (Å²) >= 11 is 0. The van der Waals surface area contributed by atoms with E-state index in [1.54, 1.807) is 0 Å². The minimum Gasteiger partial charge on any atom is -0.397 e. The Morgan fingerprint density at radius 2 is 1.60 bits per heavy atom. The normalized spacial score (nSPS) is 12.1. The lowest BCUT2D eigenvalue weighted by atomic mass is 9.99. The van der Waals surface area contributed by atoms with Crippen molar-refractivity contribution in [2.75, 3.05) is 5.73 Å². The van der Waals surface area contributed by atoms with Crippen molar-refractivity contribution in [1.29, 1.82) is 0 Å². The standard InChI is InChI=1S/C18H22N2/c1-11(2)13-9-10-15-14-7-5-6-8-16(14)20(12(3)4)18(15)17(13)19/h5-12H,19H2,1-4H3. The van der Waals surface area contributed by atoms with Crippen LogP contribution in [0.4, 0.5) is 5.69 Å². The topological polar surface area (TPSA) is 30.9 Å². The molecule has 0 spiro atoms. The molecule has 0 aliphatic heterocycles.